The van der Waals surface area contributed by atoms with Crippen molar-refractivity contribution in [2.75, 3.05) is 13.2 Å². The number of rotatable bonds is 7. The monoisotopic (exact) mass is 261 g/mol. The van der Waals surface area contributed by atoms with Crippen molar-refractivity contribution in [2.45, 2.75) is 19.4 Å². The van der Waals surface area contributed by atoms with Crippen molar-refractivity contribution in [3.8, 4) is 5.88 Å². The second-order valence-electron chi connectivity index (χ2n) is 4.61. The Kier molecular flexibility index (Phi) is 4.78. The van der Waals surface area contributed by atoms with Crippen LogP contribution in [0.4, 0.5) is 4.79 Å². The van der Waals surface area contributed by atoms with Crippen molar-refractivity contribution in [1.29, 1.82) is 0 Å². The summed E-state index contributed by atoms with van der Waals surface area (Å²) in [5, 5.41) is 5.38. The number of amides is 2. The Labute approximate surface area is 113 Å². The van der Waals surface area contributed by atoms with E-state index in [1.54, 1.807) is 12.3 Å². The highest BCUT2D eigenvalue weighted by Gasteiger charge is 2.21. The maximum Gasteiger partial charge on any atom is 0.315 e. The molecule has 1 saturated carbocycles. The number of aromatic nitrogens is 1. The van der Waals surface area contributed by atoms with E-state index in [-0.39, 0.29) is 6.03 Å². The fourth-order valence-corrected chi connectivity index (χ4v) is 1.50. The van der Waals surface area contributed by atoms with Gasteiger partial charge >= 0.3 is 6.03 Å². The zero-order valence-corrected chi connectivity index (χ0v) is 10.9. The summed E-state index contributed by atoms with van der Waals surface area (Å²) in [6.07, 6.45) is 5.88. The molecule has 0 bridgehead atoms. The molecule has 5 nitrogen and oxygen atoms in total. The van der Waals surface area contributed by atoms with Crippen LogP contribution in [-0.4, -0.2) is 24.2 Å². The van der Waals surface area contributed by atoms with Crippen LogP contribution in [-0.2, 0) is 6.54 Å². The van der Waals surface area contributed by atoms with Crippen molar-refractivity contribution in [3.63, 3.8) is 0 Å². The number of hydrogen-bond donors (Lipinski definition) is 2. The van der Waals surface area contributed by atoms with Crippen LogP contribution in [0, 0.1) is 5.92 Å². The number of nitrogens with zero attached hydrogens (tertiary/aromatic N) is 1. The number of carbonyl (C=O) groups excluding carboxylic acids is 1. The minimum Gasteiger partial charge on any atom is -0.477 e. The first-order valence-electron chi connectivity index (χ1n) is 6.48. The van der Waals surface area contributed by atoms with Gasteiger partial charge in [-0.25, -0.2) is 9.78 Å². The van der Waals surface area contributed by atoms with Crippen molar-refractivity contribution in [1.82, 2.24) is 15.6 Å². The molecule has 2 rings (SSSR count). The van der Waals surface area contributed by atoms with Gasteiger partial charge in [0, 0.05) is 25.4 Å². The van der Waals surface area contributed by atoms with Crippen LogP contribution < -0.4 is 15.4 Å². The molecule has 0 saturated heterocycles. The second kappa shape index (κ2) is 6.78. The largest absolute Gasteiger partial charge is 0.477 e. The molecule has 1 aromatic rings. The SMILES string of the molecule is C=CCNC(=O)NCc1ccc(OCC2CC2)nc1. The lowest BCUT2D eigenvalue weighted by atomic mass is 10.3. The summed E-state index contributed by atoms with van der Waals surface area (Å²) < 4.78 is 5.54. The minimum absolute atomic E-state index is 0.214. The average molecular weight is 261 g/mol. The van der Waals surface area contributed by atoms with Crippen molar-refractivity contribution < 1.29 is 9.53 Å². The van der Waals surface area contributed by atoms with Gasteiger partial charge < -0.3 is 15.4 Å². The fraction of sp³-hybridized carbons (Fsp3) is 0.429. The van der Waals surface area contributed by atoms with Gasteiger partial charge in [-0.15, -0.1) is 6.58 Å². The molecule has 102 valence electrons. The number of hydrogen-bond acceptors (Lipinski definition) is 3. The highest BCUT2D eigenvalue weighted by atomic mass is 16.5. The third-order valence-corrected chi connectivity index (χ3v) is 2.82. The maximum atomic E-state index is 11.3. The van der Waals surface area contributed by atoms with Gasteiger partial charge in [0.1, 0.15) is 0 Å². The van der Waals surface area contributed by atoms with Crippen LogP contribution in [0.3, 0.4) is 0 Å². The van der Waals surface area contributed by atoms with Crippen LogP contribution in [0.2, 0.25) is 0 Å². The Morgan fingerprint density at radius 3 is 2.95 bits per heavy atom. The first kappa shape index (κ1) is 13.4. The molecule has 1 aromatic heterocycles. The van der Waals surface area contributed by atoms with Gasteiger partial charge in [0.2, 0.25) is 5.88 Å². The standard InChI is InChI=1S/C14H19N3O2/c1-2-7-15-14(18)17-9-12-5-6-13(16-8-12)19-10-11-3-4-11/h2,5-6,8,11H,1,3-4,7,9-10H2,(H2,15,17,18). The Balaban J connectivity index is 1.71. The van der Waals surface area contributed by atoms with Gasteiger partial charge in [-0.3, -0.25) is 0 Å². The number of carbonyl (C=O) groups is 1. The summed E-state index contributed by atoms with van der Waals surface area (Å²) in [6, 6.07) is 3.53. The van der Waals surface area contributed by atoms with Crippen LogP contribution in [0.15, 0.2) is 31.0 Å². The second-order valence-corrected chi connectivity index (χ2v) is 4.61. The third-order valence-electron chi connectivity index (χ3n) is 2.82. The molecular weight excluding hydrogens is 242 g/mol. The molecule has 0 aliphatic heterocycles. The third kappa shape index (κ3) is 4.99. The van der Waals surface area contributed by atoms with E-state index in [0.29, 0.717) is 19.0 Å². The lowest BCUT2D eigenvalue weighted by molar-refractivity contribution is 0.241. The maximum absolute atomic E-state index is 11.3. The Morgan fingerprint density at radius 2 is 2.32 bits per heavy atom. The Morgan fingerprint density at radius 1 is 1.47 bits per heavy atom. The summed E-state index contributed by atoms with van der Waals surface area (Å²) >= 11 is 0. The number of pyridine rings is 1. The highest BCUT2D eigenvalue weighted by Crippen LogP contribution is 2.29. The number of urea groups is 1. The summed E-state index contributed by atoms with van der Waals surface area (Å²) in [7, 11) is 0. The van der Waals surface area contributed by atoms with E-state index in [4.69, 9.17) is 4.74 Å². The molecular formula is C14H19N3O2. The van der Waals surface area contributed by atoms with Gasteiger partial charge in [-0.1, -0.05) is 12.1 Å². The molecule has 1 fully saturated rings. The lowest BCUT2D eigenvalue weighted by Crippen LogP contribution is -2.34. The molecule has 0 spiro atoms. The number of ether oxygens (including phenoxy) is 1. The van der Waals surface area contributed by atoms with Crippen molar-refractivity contribution >= 4 is 6.03 Å². The summed E-state index contributed by atoms with van der Waals surface area (Å²) in [5.74, 6) is 1.36. The molecule has 0 aromatic carbocycles. The van der Waals surface area contributed by atoms with Crippen LogP contribution in [0.1, 0.15) is 18.4 Å². The molecule has 0 atom stereocenters. The molecule has 1 aliphatic carbocycles. The smallest absolute Gasteiger partial charge is 0.315 e. The first-order valence-corrected chi connectivity index (χ1v) is 6.48. The molecule has 1 aliphatic rings. The van der Waals surface area contributed by atoms with E-state index in [2.05, 4.69) is 22.2 Å². The van der Waals surface area contributed by atoms with Gasteiger partial charge in [0.15, 0.2) is 0 Å². The van der Waals surface area contributed by atoms with Gasteiger partial charge in [-0.05, 0) is 24.3 Å². The highest BCUT2D eigenvalue weighted by molar-refractivity contribution is 5.73. The molecule has 5 heteroatoms. The van der Waals surface area contributed by atoms with Crippen molar-refractivity contribution in [2.24, 2.45) is 5.92 Å². The molecule has 2 amide bonds. The molecule has 2 N–H and O–H groups in total. The van der Waals surface area contributed by atoms with Gasteiger partial charge in [0.05, 0.1) is 6.61 Å². The summed E-state index contributed by atoms with van der Waals surface area (Å²) in [5.41, 5.74) is 0.938. The molecule has 0 unspecified atom stereocenters. The van der Waals surface area contributed by atoms with E-state index in [0.717, 1.165) is 18.1 Å². The fourth-order valence-electron chi connectivity index (χ4n) is 1.50. The lowest BCUT2D eigenvalue weighted by Gasteiger charge is -2.07. The Bertz CT molecular complexity index is 427. The normalized spacial score (nSPS) is 13.7. The predicted molar refractivity (Wildman–Crippen MR) is 72.9 cm³/mol. The van der Waals surface area contributed by atoms with Gasteiger partial charge in [-0.2, -0.15) is 0 Å². The average Bonchev–Trinajstić information content (AvgIpc) is 3.26. The summed E-state index contributed by atoms with van der Waals surface area (Å²) in [4.78, 5) is 15.5. The predicted octanol–water partition coefficient (Wildman–Crippen LogP) is 1.86. The van der Waals surface area contributed by atoms with E-state index in [1.165, 1.54) is 12.8 Å². The van der Waals surface area contributed by atoms with Gasteiger partial charge in [0.25, 0.3) is 0 Å². The Hall–Kier alpha value is -2.04. The number of nitrogens with one attached hydrogen (secondary N) is 2. The zero-order valence-electron chi connectivity index (χ0n) is 10.9. The van der Waals surface area contributed by atoms with E-state index >= 15 is 0 Å². The van der Waals surface area contributed by atoms with Crippen LogP contribution in [0.5, 0.6) is 5.88 Å². The minimum atomic E-state index is -0.214. The topological polar surface area (TPSA) is 63.2 Å². The molecule has 1 heterocycles. The first-order chi connectivity index (χ1) is 9.28. The van der Waals surface area contributed by atoms with E-state index in [1.807, 2.05) is 12.1 Å². The van der Waals surface area contributed by atoms with Crippen LogP contribution in [0.25, 0.3) is 0 Å². The van der Waals surface area contributed by atoms with E-state index < -0.39 is 0 Å². The summed E-state index contributed by atoms with van der Waals surface area (Å²) in [6.45, 7) is 5.19. The van der Waals surface area contributed by atoms with Crippen molar-refractivity contribution in [3.05, 3.63) is 36.5 Å². The van der Waals surface area contributed by atoms with E-state index in [9.17, 15) is 4.79 Å². The zero-order chi connectivity index (χ0) is 13.5. The molecule has 19 heavy (non-hydrogen) atoms. The van der Waals surface area contributed by atoms with Crippen LogP contribution >= 0.6 is 0 Å². The molecule has 0 radical (unpaired) electrons. The quantitative estimate of drug-likeness (QED) is 0.736.